The second-order valence-electron chi connectivity index (χ2n) is 6.68. The predicted octanol–water partition coefficient (Wildman–Crippen LogP) is 5.26. The van der Waals surface area contributed by atoms with Gasteiger partial charge in [-0.2, -0.15) is 0 Å². The van der Waals surface area contributed by atoms with Crippen molar-refractivity contribution in [3.63, 3.8) is 0 Å². The van der Waals surface area contributed by atoms with Crippen molar-refractivity contribution in [3.05, 3.63) is 70.7 Å². The fourth-order valence-corrected chi connectivity index (χ4v) is 3.81. The van der Waals surface area contributed by atoms with Crippen LogP contribution >= 0.6 is 11.6 Å². The molecule has 0 aliphatic heterocycles. The van der Waals surface area contributed by atoms with Crippen molar-refractivity contribution in [2.45, 2.75) is 44.6 Å². The molecule has 2 aromatic carbocycles. The summed E-state index contributed by atoms with van der Waals surface area (Å²) in [5.41, 5.74) is 1.91. The molecular weight excluding hydrogens is 318 g/mol. The average Bonchev–Trinajstić information content (AvgIpc) is 2.63. The fourth-order valence-electron chi connectivity index (χ4n) is 3.62. The van der Waals surface area contributed by atoms with Crippen molar-refractivity contribution in [3.8, 4) is 0 Å². The zero-order valence-electron chi connectivity index (χ0n) is 13.9. The monoisotopic (exact) mass is 341 g/mol. The normalized spacial score (nSPS) is 16.5. The Kier molecular flexibility index (Phi) is 5.92. The molecule has 1 amide bonds. The van der Waals surface area contributed by atoms with E-state index in [-0.39, 0.29) is 11.9 Å². The number of rotatable bonds is 5. The summed E-state index contributed by atoms with van der Waals surface area (Å²) in [4.78, 5) is 12.7. The van der Waals surface area contributed by atoms with Crippen molar-refractivity contribution < 1.29 is 4.79 Å². The molecule has 0 radical (unpaired) electrons. The lowest BCUT2D eigenvalue weighted by atomic mass is 9.81. The zero-order valence-corrected chi connectivity index (χ0v) is 14.6. The minimum absolute atomic E-state index is 0.0241. The minimum Gasteiger partial charge on any atom is -0.349 e. The van der Waals surface area contributed by atoms with Crippen molar-refractivity contribution in [1.29, 1.82) is 0 Å². The van der Waals surface area contributed by atoms with Gasteiger partial charge in [-0.3, -0.25) is 4.79 Å². The van der Waals surface area contributed by atoms with E-state index in [2.05, 4.69) is 29.6 Å². The van der Waals surface area contributed by atoms with Crippen molar-refractivity contribution in [1.82, 2.24) is 5.32 Å². The minimum atomic E-state index is -0.0241. The molecule has 0 bridgehead atoms. The van der Waals surface area contributed by atoms with Crippen LogP contribution < -0.4 is 5.32 Å². The Morgan fingerprint density at radius 3 is 2.50 bits per heavy atom. The lowest BCUT2D eigenvalue weighted by molar-refractivity contribution is 0.0913. The van der Waals surface area contributed by atoms with Gasteiger partial charge in [0.2, 0.25) is 0 Å². The summed E-state index contributed by atoms with van der Waals surface area (Å²) >= 11 is 6.02. The molecule has 3 heteroatoms. The van der Waals surface area contributed by atoms with Crippen LogP contribution in [0.4, 0.5) is 0 Å². The summed E-state index contributed by atoms with van der Waals surface area (Å²) in [6.45, 7) is 0. The Labute approximate surface area is 149 Å². The number of amides is 1. The third-order valence-electron chi connectivity index (χ3n) is 4.92. The van der Waals surface area contributed by atoms with Crippen LogP contribution in [0.1, 0.15) is 48.0 Å². The molecule has 0 saturated heterocycles. The third-order valence-corrected chi connectivity index (χ3v) is 5.16. The molecule has 1 unspecified atom stereocenters. The van der Waals surface area contributed by atoms with Gasteiger partial charge in [-0.1, -0.05) is 67.3 Å². The molecule has 24 heavy (non-hydrogen) atoms. The van der Waals surface area contributed by atoms with Crippen LogP contribution in [0.5, 0.6) is 0 Å². The number of hydrogen-bond acceptors (Lipinski definition) is 1. The van der Waals surface area contributed by atoms with Crippen LogP contribution in [0.15, 0.2) is 54.6 Å². The van der Waals surface area contributed by atoms with E-state index in [0.717, 1.165) is 6.42 Å². The van der Waals surface area contributed by atoms with E-state index < -0.39 is 0 Å². The predicted molar refractivity (Wildman–Crippen MR) is 99.4 cm³/mol. The van der Waals surface area contributed by atoms with Gasteiger partial charge in [-0.05, 0) is 48.9 Å². The maximum Gasteiger partial charge on any atom is 0.251 e. The first-order valence-electron chi connectivity index (χ1n) is 8.83. The Bertz CT molecular complexity index is 665. The van der Waals surface area contributed by atoms with Crippen LogP contribution in [0, 0.1) is 5.92 Å². The van der Waals surface area contributed by atoms with Gasteiger partial charge in [0.25, 0.3) is 5.91 Å². The smallest absolute Gasteiger partial charge is 0.251 e. The van der Waals surface area contributed by atoms with E-state index in [4.69, 9.17) is 11.6 Å². The molecule has 1 N–H and O–H groups in total. The second-order valence-corrected chi connectivity index (χ2v) is 7.11. The highest BCUT2D eigenvalue weighted by Crippen LogP contribution is 2.28. The Morgan fingerprint density at radius 2 is 1.79 bits per heavy atom. The van der Waals surface area contributed by atoms with Gasteiger partial charge in [0.1, 0.15) is 0 Å². The maximum absolute atomic E-state index is 12.7. The van der Waals surface area contributed by atoms with Crippen molar-refractivity contribution in [2.75, 3.05) is 0 Å². The molecule has 0 spiro atoms. The second kappa shape index (κ2) is 8.34. The van der Waals surface area contributed by atoms with E-state index in [9.17, 15) is 4.79 Å². The number of carbonyl (C=O) groups is 1. The molecule has 1 saturated carbocycles. The summed E-state index contributed by atoms with van der Waals surface area (Å²) in [5, 5.41) is 3.88. The standard InChI is InChI=1S/C21H24ClNO/c22-19-13-7-12-18(15-19)21(24)23-20(17-10-5-2-6-11-17)14-16-8-3-1-4-9-16/h1,3-4,7-9,12-13,15,17,20H,2,5-6,10-11,14H2,(H,23,24). The topological polar surface area (TPSA) is 29.1 Å². The number of nitrogens with one attached hydrogen (secondary N) is 1. The van der Waals surface area contributed by atoms with Gasteiger partial charge in [0.05, 0.1) is 0 Å². The van der Waals surface area contributed by atoms with Gasteiger partial charge < -0.3 is 5.32 Å². The summed E-state index contributed by atoms with van der Waals surface area (Å²) in [6.07, 6.45) is 7.14. The molecule has 1 fully saturated rings. The zero-order chi connectivity index (χ0) is 16.8. The molecule has 3 rings (SSSR count). The molecule has 126 valence electrons. The first kappa shape index (κ1) is 17.0. The highest BCUT2D eigenvalue weighted by molar-refractivity contribution is 6.30. The van der Waals surface area contributed by atoms with Crippen LogP contribution in [-0.2, 0) is 6.42 Å². The van der Waals surface area contributed by atoms with Gasteiger partial charge in [-0.15, -0.1) is 0 Å². The van der Waals surface area contributed by atoms with Crippen molar-refractivity contribution in [2.24, 2.45) is 5.92 Å². The SMILES string of the molecule is O=C(NC(Cc1ccccc1)C1CCCCC1)c1cccc(Cl)c1. The quantitative estimate of drug-likeness (QED) is 0.789. The molecule has 2 nitrogen and oxygen atoms in total. The van der Waals surface area contributed by atoms with E-state index in [1.807, 2.05) is 18.2 Å². The first-order chi connectivity index (χ1) is 11.7. The maximum atomic E-state index is 12.7. The summed E-state index contributed by atoms with van der Waals surface area (Å²) < 4.78 is 0. The summed E-state index contributed by atoms with van der Waals surface area (Å²) in [6, 6.07) is 17.8. The molecule has 1 aliphatic carbocycles. The molecular formula is C21H24ClNO. The number of carbonyl (C=O) groups excluding carboxylic acids is 1. The number of hydrogen-bond donors (Lipinski definition) is 1. The Balaban J connectivity index is 1.74. The molecule has 2 aromatic rings. The highest BCUT2D eigenvalue weighted by atomic mass is 35.5. The Hall–Kier alpha value is -1.80. The van der Waals surface area contributed by atoms with Gasteiger partial charge in [-0.25, -0.2) is 0 Å². The van der Waals surface area contributed by atoms with Crippen LogP contribution in [0.3, 0.4) is 0 Å². The molecule has 0 aromatic heterocycles. The number of benzene rings is 2. The van der Waals surface area contributed by atoms with Gasteiger partial charge in [0, 0.05) is 16.6 Å². The van der Waals surface area contributed by atoms with Crippen LogP contribution in [-0.4, -0.2) is 11.9 Å². The highest BCUT2D eigenvalue weighted by Gasteiger charge is 2.25. The van der Waals surface area contributed by atoms with E-state index >= 15 is 0 Å². The largest absolute Gasteiger partial charge is 0.349 e. The van der Waals surface area contributed by atoms with E-state index in [1.165, 1.54) is 37.7 Å². The van der Waals surface area contributed by atoms with E-state index in [0.29, 0.717) is 16.5 Å². The van der Waals surface area contributed by atoms with Crippen LogP contribution in [0.2, 0.25) is 5.02 Å². The lowest BCUT2D eigenvalue weighted by Gasteiger charge is -2.31. The summed E-state index contributed by atoms with van der Waals surface area (Å²) in [5.74, 6) is 0.533. The third kappa shape index (κ3) is 4.61. The fraction of sp³-hybridized carbons (Fsp3) is 0.381. The molecule has 1 atom stereocenters. The van der Waals surface area contributed by atoms with Crippen molar-refractivity contribution >= 4 is 17.5 Å². The molecule has 1 aliphatic rings. The lowest BCUT2D eigenvalue weighted by Crippen LogP contribution is -2.42. The van der Waals surface area contributed by atoms with Gasteiger partial charge in [0.15, 0.2) is 0 Å². The molecule has 0 heterocycles. The number of halogens is 1. The Morgan fingerprint density at radius 1 is 1.04 bits per heavy atom. The van der Waals surface area contributed by atoms with E-state index in [1.54, 1.807) is 12.1 Å². The van der Waals surface area contributed by atoms with Crippen LogP contribution in [0.25, 0.3) is 0 Å². The van der Waals surface area contributed by atoms with Gasteiger partial charge >= 0.3 is 0 Å². The first-order valence-corrected chi connectivity index (χ1v) is 9.20. The summed E-state index contributed by atoms with van der Waals surface area (Å²) in [7, 11) is 0. The average molecular weight is 342 g/mol.